The molecule has 0 fully saturated rings. The molecule has 3 N–H and O–H groups in total. The molecular weight excluding hydrogens is 879 g/mol. The largest absolute Gasteiger partial charge is 0.394 e. The Morgan fingerprint density at radius 1 is 0.347 bits per heavy atom. The van der Waals surface area contributed by atoms with Crippen LogP contribution in [-0.2, 0) is 4.79 Å². The second kappa shape index (κ2) is 62.6. The minimum atomic E-state index is -0.687. The van der Waals surface area contributed by atoms with Crippen molar-refractivity contribution in [2.75, 3.05) is 6.61 Å². The third kappa shape index (κ3) is 58.2. The molecule has 0 bridgehead atoms. The summed E-state index contributed by atoms with van der Waals surface area (Å²) in [5.74, 6) is -0.0735. The predicted molar refractivity (Wildman–Crippen MR) is 322 cm³/mol. The molecule has 4 heteroatoms. The van der Waals surface area contributed by atoms with Crippen LogP contribution in [0.4, 0.5) is 0 Å². The van der Waals surface area contributed by atoms with Crippen molar-refractivity contribution in [1.29, 1.82) is 0 Å². The Kier molecular flexibility index (Phi) is 60.3. The monoisotopic (exact) mass is 1000 g/mol. The van der Waals surface area contributed by atoms with Gasteiger partial charge in [-0.05, 0) is 77.0 Å². The van der Waals surface area contributed by atoms with Crippen LogP contribution in [0.25, 0.3) is 0 Å². The zero-order valence-corrected chi connectivity index (χ0v) is 47.9. The second-order valence-electron chi connectivity index (χ2n) is 21.1. The minimum absolute atomic E-state index is 0.0735. The van der Waals surface area contributed by atoms with Crippen LogP contribution in [-0.4, -0.2) is 34.9 Å². The number of nitrogens with one attached hydrogen (secondary N) is 1. The van der Waals surface area contributed by atoms with Crippen LogP contribution in [0, 0.1) is 0 Å². The number of rotatable bonds is 57. The first kappa shape index (κ1) is 69.3. The molecule has 0 radical (unpaired) electrons. The van der Waals surface area contributed by atoms with Gasteiger partial charge in [0.05, 0.1) is 18.8 Å². The van der Waals surface area contributed by atoms with Crippen molar-refractivity contribution in [2.24, 2.45) is 0 Å². The van der Waals surface area contributed by atoms with Crippen LogP contribution >= 0.6 is 0 Å². The van der Waals surface area contributed by atoms with Crippen molar-refractivity contribution < 1.29 is 15.0 Å². The molecule has 0 aromatic rings. The topological polar surface area (TPSA) is 69.6 Å². The van der Waals surface area contributed by atoms with Gasteiger partial charge in [0.1, 0.15) is 0 Å². The Morgan fingerprint density at radius 3 is 0.889 bits per heavy atom. The van der Waals surface area contributed by atoms with Gasteiger partial charge in [-0.1, -0.05) is 323 Å². The smallest absolute Gasteiger partial charge is 0.220 e. The van der Waals surface area contributed by atoms with Gasteiger partial charge in [0.2, 0.25) is 5.91 Å². The maximum Gasteiger partial charge on any atom is 0.220 e. The van der Waals surface area contributed by atoms with E-state index in [4.69, 9.17) is 0 Å². The fourth-order valence-corrected chi connectivity index (χ4v) is 9.38. The van der Waals surface area contributed by atoms with Crippen LogP contribution in [0.5, 0.6) is 0 Å². The van der Waals surface area contributed by atoms with Crippen LogP contribution in [0.2, 0.25) is 0 Å². The summed E-state index contributed by atoms with van der Waals surface area (Å²) < 4.78 is 0. The van der Waals surface area contributed by atoms with Gasteiger partial charge < -0.3 is 15.5 Å². The molecule has 0 aromatic carbocycles. The molecule has 2 unspecified atom stereocenters. The Balaban J connectivity index is 3.53. The molecule has 0 saturated heterocycles. The molecule has 0 aliphatic rings. The first-order chi connectivity index (χ1) is 35.7. The van der Waals surface area contributed by atoms with E-state index in [1.54, 1.807) is 0 Å². The summed E-state index contributed by atoms with van der Waals surface area (Å²) in [7, 11) is 0. The number of allylic oxidation sites excluding steroid dienone is 16. The molecule has 0 aliphatic heterocycles. The van der Waals surface area contributed by atoms with Gasteiger partial charge >= 0.3 is 0 Å². The SMILES string of the molecule is CC/C=C\C/C=C\C/C=C\C/C=C\C/C=C\C/C=C\C/C=C\C/C=C\CCCCC(=O)NC(CO)C(O)CCCCCCCCCCCCCCCCCCCCCCCCCCCCCCCCCCC. The fraction of sp³-hybridized carbons (Fsp3) is 0.750. The van der Waals surface area contributed by atoms with Gasteiger partial charge in [-0.3, -0.25) is 4.79 Å². The van der Waals surface area contributed by atoms with Crippen molar-refractivity contribution in [3.63, 3.8) is 0 Å². The van der Waals surface area contributed by atoms with Crippen molar-refractivity contribution >= 4 is 5.91 Å². The Labute approximate surface area is 449 Å². The average molecular weight is 1000 g/mol. The Morgan fingerprint density at radius 2 is 0.611 bits per heavy atom. The summed E-state index contributed by atoms with van der Waals surface area (Å²) in [6, 6.07) is -0.569. The van der Waals surface area contributed by atoms with Crippen LogP contribution in [0.15, 0.2) is 97.2 Å². The van der Waals surface area contributed by atoms with Crippen LogP contribution < -0.4 is 5.32 Å². The zero-order chi connectivity index (χ0) is 52.0. The number of carbonyl (C=O) groups is 1. The number of hydrogen-bond acceptors (Lipinski definition) is 3. The lowest BCUT2D eigenvalue weighted by Crippen LogP contribution is -2.45. The van der Waals surface area contributed by atoms with Crippen LogP contribution in [0.1, 0.15) is 309 Å². The highest BCUT2D eigenvalue weighted by atomic mass is 16.3. The molecule has 0 spiro atoms. The molecular formula is C68H121NO3. The zero-order valence-electron chi connectivity index (χ0n) is 47.9. The summed E-state index contributed by atoms with van der Waals surface area (Å²) >= 11 is 0. The van der Waals surface area contributed by atoms with Gasteiger partial charge in [-0.2, -0.15) is 0 Å². The first-order valence-electron chi connectivity index (χ1n) is 31.4. The molecule has 0 aromatic heterocycles. The summed E-state index contributed by atoms with van der Waals surface area (Å²) in [6.07, 6.45) is 92.9. The minimum Gasteiger partial charge on any atom is -0.394 e. The molecule has 1 amide bonds. The van der Waals surface area contributed by atoms with E-state index >= 15 is 0 Å². The highest BCUT2D eigenvalue weighted by Crippen LogP contribution is 2.18. The normalized spacial score (nSPS) is 13.4. The lowest BCUT2D eigenvalue weighted by Gasteiger charge is -2.22. The van der Waals surface area contributed by atoms with Gasteiger partial charge in [-0.15, -0.1) is 0 Å². The number of hydrogen-bond donors (Lipinski definition) is 3. The van der Waals surface area contributed by atoms with E-state index in [1.807, 2.05) is 0 Å². The molecule has 0 rings (SSSR count). The fourth-order valence-electron chi connectivity index (χ4n) is 9.38. The summed E-state index contributed by atoms with van der Waals surface area (Å²) in [6.45, 7) is 4.25. The van der Waals surface area contributed by atoms with E-state index in [0.29, 0.717) is 12.8 Å². The molecule has 2 atom stereocenters. The van der Waals surface area contributed by atoms with Crippen LogP contribution in [0.3, 0.4) is 0 Å². The van der Waals surface area contributed by atoms with Crippen molar-refractivity contribution in [1.82, 2.24) is 5.32 Å². The summed E-state index contributed by atoms with van der Waals surface area (Å²) in [4.78, 5) is 12.5. The van der Waals surface area contributed by atoms with Crippen molar-refractivity contribution in [2.45, 2.75) is 321 Å². The lowest BCUT2D eigenvalue weighted by atomic mass is 10.0. The van der Waals surface area contributed by atoms with E-state index in [1.165, 1.54) is 199 Å². The number of aliphatic hydroxyl groups is 2. The maximum absolute atomic E-state index is 12.5. The van der Waals surface area contributed by atoms with Gasteiger partial charge in [0, 0.05) is 6.42 Å². The summed E-state index contributed by atoms with van der Waals surface area (Å²) in [5.41, 5.74) is 0. The van der Waals surface area contributed by atoms with Gasteiger partial charge in [0.25, 0.3) is 0 Å². The third-order valence-corrected chi connectivity index (χ3v) is 14.1. The molecule has 4 nitrogen and oxygen atoms in total. The number of carbonyl (C=O) groups excluding carboxylic acids is 1. The standard InChI is InChI=1S/C68H121NO3/c1-3-5-7-9-11-13-15-17-19-21-23-25-27-29-31-32-33-34-35-36-38-39-41-43-45-47-49-51-53-55-57-59-61-63-67(71)66(65-70)69-68(72)64-62-60-58-56-54-52-50-48-46-44-42-40-37-30-28-26-24-22-20-18-16-14-12-10-8-6-4-2/h6,8,12,14,18,20,24,26,30,37,42,44,48,50,54,56,66-67,70-71H,3-5,7,9-11,13,15-17,19,21-23,25,27-29,31-36,38-41,43,45-47,49,51-53,55,57-65H2,1-2H3,(H,69,72)/b8-6-,14-12-,20-18-,26-24-,37-30-,44-42-,50-48-,56-54-. The molecule has 0 saturated carbocycles. The average Bonchev–Trinajstić information content (AvgIpc) is 3.39. The van der Waals surface area contributed by atoms with E-state index in [0.717, 1.165) is 83.5 Å². The number of amides is 1. The predicted octanol–water partition coefficient (Wildman–Crippen LogP) is 21.3. The molecule has 0 heterocycles. The Hall–Kier alpha value is -2.69. The third-order valence-electron chi connectivity index (χ3n) is 14.1. The van der Waals surface area contributed by atoms with E-state index in [2.05, 4.69) is 116 Å². The van der Waals surface area contributed by atoms with E-state index in [9.17, 15) is 15.0 Å². The highest BCUT2D eigenvalue weighted by Gasteiger charge is 2.20. The molecule has 72 heavy (non-hydrogen) atoms. The van der Waals surface area contributed by atoms with Gasteiger partial charge in [-0.25, -0.2) is 0 Å². The number of aliphatic hydroxyl groups excluding tert-OH is 2. The Bertz CT molecular complexity index is 1320. The lowest BCUT2D eigenvalue weighted by molar-refractivity contribution is -0.123. The number of unbranched alkanes of at least 4 members (excludes halogenated alkanes) is 34. The van der Waals surface area contributed by atoms with Gasteiger partial charge in [0.15, 0.2) is 0 Å². The first-order valence-corrected chi connectivity index (χ1v) is 31.4. The van der Waals surface area contributed by atoms with Crippen molar-refractivity contribution in [3.05, 3.63) is 97.2 Å². The maximum atomic E-state index is 12.5. The summed E-state index contributed by atoms with van der Waals surface area (Å²) in [5, 5.41) is 23.4. The molecule has 416 valence electrons. The second-order valence-corrected chi connectivity index (χ2v) is 21.1. The van der Waals surface area contributed by atoms with E-state index in [-0.39, 0.29) is 12.5 Å². The highest BCUT2D eigenvalue weighted by molar-refractivity contribution is 5.76. The quantitative estimate of drug-likeness (QED) is 0.0420. The molecule has 0 aliphatic carbocycles. The van der Waals surface area contributed by atoms with E-state index < -0.39 is 12.1 Å². The van der Waals surface area contributed by atoms with Crippen molar-refractivity contribution in [3.8, 4) is 0 Å².